The van der Waals surface area contributed by atoms with Crippen molar-refractivity contribution in [1.29, 1.82) is 0 Å². The van der Waals surface area contributed by atoms with E-state index in [1.54, 1.807) is 7.11 Å². The van der Waals surface area contributed by atoms with Gasteiger partial charge in [-0.25, -0.2) is 4.79 Å². The summed E-state index contributed by atoms with van der Waals surface area (Å²) in [4.78, 5) is 21.9. The Morgan fingerprint density at radius 1 is 1.02 bits per heavy atom. The summed E-state index contributed by atoms with van der Waals surface area (Å²) in [5, 5.41) is 22.6. The fourth-order valence-electron chi connectivity index (χ4n) is 6.24. The molecule has 2 atom stereocenters. The number of piperidine rings is 1. The van der Waals surface area contributed by atoms with Gasteiger partial charge in [-0.1, -0.05) is 36.4 Å². The highest BCUT2D eigenvalue weighted by Crippen LogP contribution is 2.65. The molecule has 42 heavy (non-hydrogen) atoms. The number of alkyl halides is 3. The van der Waals surface area contributed by atoms with Crippen molar-refractivity contribution in [2.75, 3.05) is 25.5 Å². The van der Waals surface area contributed by atoms with Crippen molar-refractivity contribution < 1.29 is 32.6 Å². The Bertz CT molecular complexity index is 1660. The molecular weight excluding hydrogens is 549 g/mol. The lowest BCUT2D eigenvalue weighted by atomic mass is 9.89. The monoisotopic (exact) mass is 578 g/mol. The normalized spacial score (nSPS) is 21.4. The van der Waals surface area contributed by atoms with Crippen LogP contribution in [0.25, 0.3) is 22.2 Å². The summed E-state index contributed by atoms with van der Waals surface area (Å²) in [5.74, 6) is -1.09. The van der Waals surface area contributed by atoms with E-state index in [0.717, 1.165) is 58.7 Å². The first-order valence-electron chi connectivity index (χ1n) is 13.7. The van der Waals surface area contributed by atoms with Crippen LogP contribution in [0.3, 0.4) is 0 Å². The highest BCUT2D eigenvalue weighted by Gasteiger charge is 2.65. The molecule has 0 radical (unpaired) electrons. The first-order chi connectivity index (χ1) is 20.1. The number of carbonyl (C=O) groups excluding carboxylic acids is 1. The van der Waals surface area contributed by atoms with Crippen molar-refractivity contribution in [3.63, 3.8) is 0 Å². The predicted molar refractivity (Wildman–Crippen MR) is 151 cm³/mol. The molecule has 1 aromatic heterocycles. The van der Waals surface area contributed by atoms with Gasteiger partial charge in [0.1, 0.15) is 5.75 Å². The molecule has 1 aliphatic carbocycles. The third-order valence-corrected chi connectivity index (χ3v) is 8.55. The zero-order chi connectivity index (χ0) is 29.6. The van der Waals surface area contributed by atoms with Gasteiger partial charge in [0.15, 0.2) is 0 Å². The number of H-pyrrole nitrogens is 1. The molecule has 218 valence electrons. The zero-order valence-corrected chi connectivity index (χ0v) is 22.7. The minimum absolute atomic E-state index is 0.0880. The van der Waals surface area contributed by atoms with Crippen molar-refractivity contribution in [2.24, 2.45) is 0 Å². The Labute approximate surface area is 239 Å². The van der Waals surface area contributed by atoms with Crippen LogP contribution in [-0.4, -0.2) is 53.6 Å². The number of rotatable bonds is 4. The quantitative estimate of drug-likeness (QED) is 0.246. The summed E-state index contributed by atoms with van der Waals surface area (Å²) in [6, 6.07) is 21.2. The van der Waals surface area contributed by atoms with Gasteiger partial charge in [-0.05, 0) is 79.2 Å². The molecule has 7 rings (SSSR count). The van der Waals surface area contributed by atoms with E-state index in [2.05, 4.69) is 63.3 Å². The summed E-state index contributed by atoms with van der Waals surface area (Å²) in [7, 11) is 1.66. The molecule has 4 N–H and O–H groups in total. The van der Waals surface area contributed by atoms with Crippen LogP contribution in [0.2, 0.25) is 0 Å². The molecule has 4 aromatic rings. The number of fused-ring (bicyclic) bond motifs is 3. The van der Waals surface area contributed by atoms with Gasteiger partial charge >= 0.3 is 12.1 Å². The number of ether oxygens (including phenoxy) is 1. The minimum atomic E-state index is -5.08. The van der Waals surface area contributed by atoms with Crippen molar-refractivity contribution in [2.45, 2.75) is 42.7 Å². The SMILES string of the molecule is COc1ccc2c(c1)[C@]1(C[C@H]1c1ccc3c(-c4ccc(C5CCNCC5)cc4)n[nH]c3c1)C(=O)N2.O=C(O)C(F)(F)F. The van der Waals surface area contributed by atoms with E-state index in [-0.39, 0.29) is 11.8 Å². The Morgan fingerprint density at radius 2 is 1.71 bits per heavy atom. The molecule has 1 saturated heterocycles. The molecule has 2 fully saturated rings. The number of hydrogen-bond acceptors (Lipinski definition) is 5. The summed E-state index contributed by atoms with van der Waals surface area (Å²) in [6.45, 7) is 2.20. The standard InChI is InChI=1S/C29H28N4O2.C2HF3O2/c1-35-21-7-9-25-23(15-21)29(28(34)31-25)16-24(29)20-6-8-22-26(14-20)32-33-27(22)19-4-2-17(3-5-19)18-10-12-30-13-11-18;3-2(4,5)1(6)7/h2-9,14-15,18,24,30H,10-13,16H2,1H3,(H,31,34)(H,32,33);(H,6,7)/t24-,29-;/m0./s1. The van der Waals surface area contributed by atoms with Crippen LogP contribution in [0.15, 0.2) is 60.7 Å². The molecule has 3 aliphatic rings. The van der Waals surface area contributed by atoms with Crippen molar-refractivity contribution in [1.82, 2.24) is 15.5 Å². The van der Waals surface area contributed by atoms with E-state index < -0.39 is 17.6 Å². The van der Waals surface area contributed by atoms with Gasteiger partial charge in [-0.2, -0.15) is 18.3 Å². The second kappa shape index (κ2) is 10.5. The predicted octanol–water partition coefficient (Wildman–Crippen LogP) is 5.72. The minimum Gasteiger partial charge on any atom is -0.497 e. The molecule has 0 unspecified atom stereocenters. The van der Waals surface area contributed by atoms with Crippen LogP contribution in [0.5, 0.6) is 5.75 Å². The topological polar surface area (TPSA) is 116 Å². The van der Waals surface area contributed by atoms with Crippen LogP contribution >= 0.6 is 0 Å². The molecule has 3 aromatic carbocycles. The molecule has 0 bridgehead atoms. The number of nitrogens with one attached hydrogen (secondary N) is 3. The molecule has 3 heterocycles. The second-order valence-corrected chi connectivity index (χ2v) is 10.9. The fourth-order valence-corrected chi connectivity index (χ4v) is 6.24. The average Bonchev–Trinajstić information content (AvgIpc) is 3.52. The average molecular weight is 579 g/mol. The number of amides is 1. The number of carboxylic acids is 1. The fraction of sp³-hybridized carbons (Fsp3) is 0.323. The van der Waals surface area contributed by atoms with E-state index in [0.29, 0.717) is 5.92 Å². The van der Waals surface area contributed by atoms with Gasteiger partial charge in [0.25, 0.3) is 0 Å². The van der Waals surface area contributed by atoms with E-state index in [1.807, 2.05) is 18.2 Å². The number of halogens is 3. The maximum atomic E-state index is 13.0. The zero-order valence-electron chi connectivity index (χ0n) is 22.7. The van der Waals surface area contributed by atoms with Gasteiger partial charge in [0.2, 0.25) is 5.91 Å². The molecule has 11 heteroatoms. The molecular formula is C31H29F3N4O4. The third kappa shape index (κ3) is 4.87. The van der Waals surface area contributed by atoms with Gasteiger partial charge in [-0.15, -0.1) is 0 Å². The number of aromatic nitrogens is 2. The van der Waals surface area contributed by atoms with Gasteiger partial charge < -0.3 is 20.5 Å². The largest absolute Gasteiger partial charge is 0.497 e. The maximum Gasteiger partial charge on any atom is 0.490 e. The summed E-state index contributed by atoms with van der Waals surface area (Å²) in [5.41, 5.74) is 7.14. The number of hydrogen-bond donors (Lipinski definition) is 4. The number of methoxy groups -OCH3 is 1. The number of carbonyl (C=O) groups is 2. The number of carboxylic acid groups (broad SMARTS) is 1. The molecule has 1 spiro atoms. The van der Waals surface area contributed by atoms with E-state index in [1.165, 1.54) is 24.0 Å². The Morgan fingerprint density at radius 3 is 2.38 bits per heavy atom. The van der Waals surface area contributed by atoms with Crippen LogP contribution in [-0.2, 0) is 15.0 Å². The molecule has 1 saturated carbocycles. The lowest BCUT2D eigenvalue weighted by Crippen LogP contribution is -2.26. The van der Waals surface area contributed by atoms with Crippen LogP contribution in [0.4, 0.5) is 18.9 Å². The Kier molecular flexibility index (Phi) is 6.92. The van der Waals surface area contributed by atoms with Crippen LogP contribution in [0, 0.1) is 0 Å². The smallest absolute Gasteiger partial charge is 0.490 e. The number of aromatic amines is 1. The number of aliphatic carboxylic acids is 1. The van der Waals surface area contributed by atoms with Gasteiger partial charge in [0, 0.05) is 22.6 Å². The van der Waals surface area contributed by atoms with Crippen LogP contribution in [0.1, 0.15) is 47.8 Å². The van der Waals surface area contributed by atoms with Crippen molar-refractivity contribution >= 4 is 28.5 Å². The number of benzene rings is 3. The van der Waals surface area contributed by atoms with Crippen molar-refractivity contribution in [3.05, 3.63) is 77.4 Å². The highest BCUT2D eigenvalue weighted by molar-refractivity contribution is 6.10. The Balaban J connectivity index is 0.000000405. The van der Waals surface area contributed by atoms with E-state index in [4.69, 9.17) is 14.6 Å². The van der Waals surface area contributed by atoms with Crippen molar-refractivity contribution in [3.8, 4) is 17.0 Å². The summed E-state index contributed by atoms with van der Waals surface area (Å²) < 4.78 is 37.2. The molecule has 2 aliphatic heterocycles. The summed E-state index contributed by atoms with van der Waals surface area (Å²) >= 11 is 0. The molecule has 1 amide bonds. The summed E-state index contributed by atoms with van der Waals surface area (Å²) in [6.07, 6.45) is -1.87. The first-order valence-corrected chi connectivity index (χ1v) is 13.7. The maximum absolute atomic E-state index is 13.0. The third-order valence-electron chi connectivity index (χ3n) is 8.55. The first kappa shape index (κ1) is 27.8. The van der Waals surface area contributed by atoms with E-state index >= 15 is 0 Å². The highest BCUT2D eigenvalue weighted by atomic mass is 19.4. The number of nitrogens with zero attached hydrogens (tertiary/aromatic N) is 1. The number of anilines is 1. The lowest BCUT2D eigenvalue weighted by Gasteiger charge is -2.23. The van der Waals surface area contributed by atoms with Gasteiger partial charge in [-0.3, -0.25) is 9.89 Å². The lowest BCUT2D eigenvalue weighted by molar-refractivity contribution is -0.192. The molecule has 8 nitrogen and oxygen atoms in total. The second-order valence-electron chi connectivity index (χ2n) is 10.9. The van der Waals surface area contributed by atoms with Crippen LogP contribution < -0.4 is 15.4 Å². The van der Waals surface area contributed by atoms with E-state index in [9.17, 15) is 18.0 Å². The van der Waals surface area contributed by atoms with Gasteiger partial charge in [0.05, 0.1) is 23.7 Å². The Hall–Kier alpha value is -4.38.